The van der Waals surface area contributed by atoms with Crippen molar-refractivity contribution < 1.29 is 41.0 Å². The van der Waals surface area contributed by atoms with Crippen LogP contribution in [0.15, 0.2) is 126 Å². The summed E-state index contributed by atoms with van der Waals surface area (Å²) >= 11 is -2.72. The van der Waals surface area contributed by atoms with E-state index >= 15 is 0 Å². The van der Waals surface area contributed by atoms with Gasteiger partial charge in [-0.05, 0) is 116 Å². The first-order valence-corrected chi connectivity index (χ1v) is 30.7. The van der Waals surface area contributed by atoms with Crippen LogP contribution in [0.3, 0.4) is 0 Å². The molecule has 3 aromatic heterocycles. The van der Waals surface area contributed by atoms with Crippen molar-refractivity contribution in [3.63, 3.8) is 0 Å². The van der Waals surface area contributed by atoms with Gasteiger partial charge in [-0.15, -0.1) is 18.2 Å². The van der Waals surface area contributed by atoms with E-state index in [0.717, 1.165) is 44.3 Å². The van der Waals surface area contributed by atoms with Gasteiger partial charge in [0.25, 0.3) is 0 Å². The van der Waals surface area contributed by atoms with E-state index in [1.807, 2.05) is 29.4 Å². The molecule has 10 rings (SSSR count). The predicted octanol–water partition coefficient (Wildman–Crippen LogP) is 17.3. The standard InChI is InChI=1S/C46H46NO.C17H22GeN.Ir/c1-28-27-47-40(24-32(28)26-44(2,3)4)35-14-9-13-34-38-23-31-19-17-29-16-18-30(22-36(29)37(31)25-41(38)48-43(34)35)33-12-10-15-39-42(33)46(7,8)21-11-20-45(39,5)6;1-13(2)15-11-17(14-9-7-6-8-10-14)19-12-16(15)18(3,4)5;/h9-10,12-13,15-19,22-25,27H,11,20-21,26H2,1-8H3;6-9,11-13H,1-5H3;/q2*-1;/i1D3,26D2;1D3,2D3,13D;. The Labute approximate surface area is 439 Å². The molecule has 0 spiro atoms. The molecule has 0 N–H and O–H groups in total. The van der Waals surface area contributed by atoms with Crippen molar-refractivity contribution in [2.24, 2.45) is 5.41 Å². The maximum Gasteiger partial charge on any atom is 0.121 e. The first kappa shape index (κ1) is 36.1. The Morgan fingerprint density at radius 3 is 2.25 bits per heavy atom. The Balaban J connectivity index is 0.000000263. The summed E-state index contributed by atoms with van der Waals surface area (Å²) in [4.78, 5) is 8.98. The van der Waals surface area contributed by atoms with E-state index in [1.165, 1.54) is 47.4 Å². The van der Waals surface area contributed by atoms with E-state index in [2.05, 4.69) is 110 Å². The van der Waals surface area contributed by atoms with Crippen LogP contribution in [0.25, 0.3) is 77.1 Å². The Hall–Kier alpha value is -4.87. The van der Waals surface area contributed by atoms with Gasteiger partial charge in [0.05, 0.1) is 5.58 Å². The number of fused-ring (bicyclic) bond motifs is 7. The van der Waals surface area contributed by atoms with E-state index in [0.29, 0.717) is 32.5 Å². The molecule has 0 aliphatic heterocycles. The zero-order valence-electron chi connectivity index (χ0n) is 52.8. The van der Waals surface area contributed by atoms with Crippen LogP contribution in [-0.2, 0) is 37.3 Å². The largest absolute Gasteiger partial charge is 0.501 e. The Kier molecular flexibility index (Phi) is 9.99. The second-order valence-corrected chi connectivity index (χ2v) is 32.2. The molecule has 0 fully saturated rings. The number of aryl methyl sites for hydroxylation is 1. The van der Waals surface area contributed by atoms with Gasteiger partial charge in [-0.2, -0.15) is 0 Å². The molecule has 0 atom stereocenters. The minimum atomic E-state index is -3.01. The summed E-state index contributed by atoms with van der Waals surface area (Å²) in [6.07, 6.45) is 4.46. The maximum absolute atomic E-state index is 9.02. The van der Waals surface area contributed by atoms with Crippen LogP contribution in [-0.4, -0.2) is 23.2 Å². The zero-order valence-corrected chi connectivity index (χ0v) is 45.3. The number of aromatic nitrogens is 2. The van der Waals surface area contributed by atoms with E-state index in [1.54, 1.807) is 57.3 Å². The first-order chi connectivity index (χ1) is 36.5. The number of hydrogen-bond donors (Lipinski definition) is 0. The van der Waals surface area contributed by atoms with Gasteiger partial charge in [0, 0.05) is 38.5 Å². The molecule has 1 aliphatic carbocycles. The fourth-order valence-electron chi connectivity index (χ4n) is 10.0. The molecule has 351 valence electrons. The molecule has 1 aliphatic rings. The van der Waals surface area contributed by atoms with Gasteiger partial charge >= 0.3 is 129 Å². The summed E-state index contributed by atoms with van der Waals surface area (Å²) in [5.74, 6) is 3.34. The van der Waals surface area contributed by atoms with Gasteiger partial charge in [0.2, 0.25) is 0 Å². The summed E-state index contributed by atoms with van der Waals surface area (Å²) in [6, 6.07) is 42.6. The number of furan rings is 1. The monoisotopic (exact) mass is 1150 g/mol. The molecule has 6 aromatic carbocycles. The maximum atomic E-state index is 9.02. The first-order valence-electron chi connectivity index (χ1n) is 29.3. The van der Waals surface area contributed by atoms with Gasteiger partial charge in [-0.3, -0.25) is 0 Å². The van der Waals surface area contributed by atoms with Crippen molar-refractivity contribution >= 4 is 61.1 Å². The van der Waals surface area contributed by atoms with Crippen LogP contribution in [0.4, 0.5) is 0 Å². The van der Waals surface area contributed by atoms with Gasteiger partial charge in [-0.25, -0.2) is 0 Å². The van der Waals surface area contributed by atoms with Crippen molar-refractivity contribution in [1.82, 2.24) is 9.97 Å². The second kappa shape index (κ2) is 18.8. The van der Waals surface area contributed by atoms with E-state index in [-0.39, 0.29) is 47.6 Å². The number of nitrogens with zero attached hydrogens (tertiary/aromatic N) is 2. The predicted molar refractivity (Wildman–Crippen MR) is 290 cm³/mol. The molecule has 3 heterocycles. The van der Waals surface area contributed by atoms with Crippen LogP contribution in [0.5, 0.6) is 0 Å². The number of hydrogen-bond acceptors (Lipinski definition) is 3. The third-order valence-electron chi connectivity index (χ3n) is 13.4. The fraction of sp³-hybridized carbons (Fsp3) is 0.333. The third-order valence-corrected chi connectivity index (χ3v) is 17.6. The van der Waals surface area contributed by atoms with Crippen LogP contribution >= 0.6 is 0 Å². The van der Waals surface area contributed by atoms with Crippen molar-refractivity contribution in [2.45, 2.75) is 129 Å². The normalized spacial score (nSPS) is 18.2. The molecule has 3 nitrogen and oxygen atoms in total. The van der Waals surface area contributed by atoms with Crippen molar-refractivity contribution in [1.29, 1.82) is 0 Å². The van der Waals surface area contributed by atoms with Gasteiger partial charge in [0.1, 0.15) is 5.58 Å². The smallest absolute Gasteiger partial charge is 0.121 e. The minimum absolute atomic E-state index is 0. The quantitative estimate of drug-likeness (QED) is 0.0721. The van der Waals surface area contributed by atoms with E-state index in [4.69, 9.17) is 20.9 Å². The molecule has 0 saturated carbocycles. The van der Waals surface area contributed by atoms with Crippen molar-refractivity contribution in [3.8, 4) is 33.6 Å². The van der Waals surface area contributed by atoms with Crippen LogP contribution in [0, 0.1) is 24.4 Å². The van der Waals surface area contributed by atoms with Crippen molar-refractivity contribution in [2.75, 3.05) is 0 Å². The number of rotatable bonds is 6. The third kappa shape index (κ3) is 9.81. The second-order valence-electron chi connectivity index (χ2n) is 21.6. The Morgan fingerprint density at radius 2 is 1.51 bits per heavy atom. The molecule has 68 heavy (non-hydrogen) atoms. The number of benzene rings is 6. The Morgan fingerprint density at radius 1 is 0.765 bits per heavy atom. The number of pyridine rings is 2. The van der Waals surface area contributed by atoms with Crippen LogP contribution < -0.4 is 4.40 Å². The molecular weight excluding hydrogens is 1070 g/mol. The van der Waals surface area contributed by atoms with Gasteiger partial charge in [-0.1, -0.05) is 120 Å². The molecule has 1 radical (unpaired) electrons. The molecule has 0 unspecified atom stereocenters. The molecule has 0 amide bonds. The summed E-state index contributed by atoms with van der Waals surface area (Å²) in [7, 11) is 0. The summed E-state index contributed by atoms with van der Waals surface area (Å²) in [5.41, 5.74) is 8.12. The zero-order chi connectivity index (χ0) is 57.8. The topological polar surface area (TPSA) is 38.9 Å². The molecule has 9 aromatic rings. The van der Waals surface area contributed by atoms with Crippen molar-refractivity contribution in [3.05, 3.63) is 162 Å². The Bertz CT molecular complexity index is 3800. The van der Waals surface area contributed by atoms with Gasteiger partial charge < -0.3 is 9.40 Å². The van der Waals surface area contributed by atoms with Gasteiger partial charge in [0.15, 0.2) is 0 Å². The summed E-state index contributed by atoms with van der Waals surface area (Å²) in [6.45, 7) is 6.34. The average molecular weight is 1150 g/mol. The molecule has 0 bridgehead atoms. The van der Waals surface area contributed by atoms with E-state index < -0.39 is 51.5 Å². The molecule has 5 heteroatoms. The molecule has 0 saturated heterocycles. The SMILES string of the molecule is [2H]C([2H])([2H])C([2H])(c1cc(-c2[c-]cccc2)nc[c]1[Ge]([CH3])([CH3])[CH3])C([2H])([2H])[2H].[2H]C([2H])([2H])c1cnc(-c2[c-]ccc3c2oc2cc4c(ccc5ccc(-c6cccc7c6C(C)(C)CCCC7(C)C)cc54)cc23)cc1C([2H])([2H])C(C)(C)C.[Ir]. The molecular formula is C63H68GeIrN2O-2. The summed E-state index contributed by atoms with van der Waals surface area (Å²) in [5, 5.41) is 6.38. The summed E-state index contributed by atoms with van der Waals surface area (Å²) < 4.78 is 105. The van der Waals surface area contributed by atoms with Crippen LogP contribution in [0.2, 0.25) is 17.3 Å². The average Bonchev–Trinajstić information content (AvgIpc) is 3.80. The van der Waals surface area contributed by atoms with E-state index in [9.17, 15) is 0 Å². The van der Waals surface area contributed by atoms with Crippen LogP contribution in [0.1, 0.15) is 132 Å². The fourth-order valence-corrected chi connectivity index (χ4v) is 13.1. The minimum Gasteiger partial charge on any atom is -0.501 e.